The first kappa shape index (κ1) is 35.2. The van der Waals surface area contributed by atoms with Crippen molar-refractivity contribution in [2.45, 2.75) is 70.3 Å². The van der Waals surface area contributed by atoms with E-state index < -0.39 is 27.0 Å². The summed E-state index contributed by atoms with van der Waals surface area (Å²) in [5.74, 6) is -0.0869. The third kappa shape index (κ3) is 7.89. The summed E-state index contributed by atoms with van der Waals surface area (Å²) >= 11 is 6.46. The van der Waals surface area contributed by atoms with Crippen molar-refractivity contribution in [3.8, 4) is 5.75 Å². The Balaban J connectivity index is 1.48. The van der Waals surface area contributed by atoms with Gasteiger partial charge in [0.15, 0.2) is 0 Å². The number of allylic oxidation sites excluding steroid dienone is 1. The van der Waals surface area contributed by atoms with E-state index in [1.807, 2.05) is 19.1 Å². The fourth-order valence-electron chi connectivity index (χ4n) is 7.03. The number of nitrogens with zero attached hydrogens (tertiary/aromatic N) is 4. The Labute approximate surface area is 294 Å². The summed E-state index contributed by atoms with van der Waals surface area (Å²) in [6, 6.07) is 11.4. The SMILES string of the molecule is COC1/C=C/CC(C)C(C)S(=O)(NC(=O)c2cnn(C)c2)=NC(=O)c2ccc3c(c2)N(Cc2ccc(Cl)cc2CCCCO3)CC2CCC21. The minimum Gasteiger partial charge on any atom is -0.491 e. The van der Waals surface area contributed by atoms with Gasteiger partial charge in [-0.05, 0) is 105 Å². The average molecular weight is 708 g/mol. The van der Waals surface area contributed by atoms with Crippen LogP contribution in [0.5, 0.6) is 5.75 Å². The van der Waals surface area contributed by atoms with E-state index in [1.165, 1.54) is 28.2 Å². The van der Waals surface area contributed by atoms with Gasteiger partial charge >= 0.3 is 0 Å². The molecule has 10 nitrogen and oxygen atoms in total. The van der Waals surface area contributed by atoms with Gasteiger partial charge in [-0.15, -0.1) is 4.36 Å². The number of nitrogens with one attached hydrogen (secondary N) is 1. The van der Waals surface area contributed by atoms with Crippen molar-refractivity contribution >= 4 is 39.0 Å². The van der Waals surface area contributed by atoms with E-state index in [4.69, 9.17) is 21.1 Å². The first-order valence-electron chi connectivity index (χ1n) is 17.1. The number of halogens is 1. The predicted molar refractivity (Wildman–Crippen MR) is 192 cm³/mol. The molecule has 1 aromatic heterocycles. The number of hydrogen-bond acceptors (Lipinski definition) is 7. The third-order valence-electron chi connectivity index (χ3n) is 10.4. The van der Waals surface area contributed by atoms with Crippen molar-refractivity contribution in [1.29, 1.82) is 0 Å². The standard InChI is InChI=1S/C37H46ClN5O5S/c1-24-8-7-10-34(47-4)32-15-12-29(32)23-43-22-28-11-14-31(38)18-26(28)9-5-6-17-48-35-16-13-27(19-33(35)43)36(44)40-49(46,25(24)2)41-37(45)30-20-39-42(3)21-30/h7,10-11,13-14,16,18-21,24-25,29,32,34H,5-6,8-9,12,15,17,22-23H2,1-4H3,(H,40,41,44,45,46)/b10-7+. The van der Waals surface area contributed by atoms with E-state index in [2.05, 4.69) is 43.4 Å². The number of rotatable bonds is 3. The summed E-state index contributed by atoms with van der Waals surface area (Å²) < 4.78 is 35.6. The van der Waals surface area contributed by atoms with Crippen molar-refractivity contribution in [1.82, 2.24) is 14.5 Å². The lowest BCUT2D eigenvalue weighted by Gasteiger charge is -2.43. The van der Waals surface area contributed by atoms with Crippen LogP contribution in [0.25, 0.3) is 0 Å². The molecule has 3 heterocycles. The van der Waals surface area contributed by atoms with Crippen molar-refractivity contribution < 1.29 is 23.3 Å². The largest absolute Gasteiger partial charge is 0.491 e. The second kappa shape index (κ2) is 15.1. The van der Waals surface area contributed by atoms with Gasteiger partial charge in [-0.1, -0.05) is 36.7 Å². The molecule has 1 fully saturated rings. The number of hydrogen-bond donors (Lipinski definition) is 1. The molecule has 2 aromatic carbocycles. The zero-order valence-corrected chi connectivity index (χ0v) is 30.2. The lowest BCUT2D eigenvalue weighted by Crippen LogP contribution is -2.43. The van der Waals surface area contributed by atoms with Gasteiger partial charge in [0.1, 0.15) is 15.7 Å². The average Bonchev–Trinajstić information content (AvgIpc) is 3.50. The van der Waals surface area contributed by atoms with Crippen LogP contribution in [-0.4, -0.2) is 57.4 Å². The molecule has 6 unspecified atom stereocenters. The number of benzene rings is 2. The Morgan fingerprint density at radius 2 is 1.96 bits per heavy atom. The highest BCUT2D eigenvalue weighted by atomic mass is 35.5. The molecule has 2 amide bonds. The van der Waals surface area contributed by atoms with Crippen LogP contribution in [0.2, 0.25) is 5.02 Å². The van der Waals surface area contributed by atoms with Gasteiger partial charge in [0.2, 0.25) is 0 Å². The van der Waals surface area contributed by atoms with E-state index in [1.54, 1.807) is 33.2 Å². The maximum absolute atomic E-state index is 14.7. The van der Waals surface area contributed by atoms with E-state index in [-0.39, 0.29) is 23.1 Å². The Morgan fingerprint density at radius 1 is 1.12 bits per heavy atom. The molecule has 2 aliphatic heterocycles. The van der Waals surface area contributed by atoms with Crippen LogP contribution in [0.1, 0.15) is 77.8 Å². The van der Waals surface area contributed by atoms with Crippen molar-refractivity contribution in [2.24, 2.45) is 29.2 Å². The van der Waals surface area contributed by atoms with Crippen LogP contribution in [-0.2, 0) is 34.7 Å². The summed E-state index contributed by atoms with van der Waals surface area (Å²) in [6.07, 6.45) is 12.4. The number of amides is 2. The first-order valence-corrected chi connectivity index (χ1v) is 19.1. The molecule has 1 saturated carbocycles. The van der Waals surface area contributed by atoms with Crippen LogP contribution in [0.15, 0.2) is 65.3 Å². The van der Waals surface area contributed by atoms with E-state index in [0.29, 0.717) is 42.2 Å². The summed E-state index contributed by atoms with van der Waals surface area (Å²) in [7, 11) is -0.153. The number of fused-ring (bicyclic) bond motifs is 3. The minimum absolute atomic E-state index is 0.0767. The number of anilines is 1. The molecule has 262 valence electrons. The minimum atomic E-state index is -3.60. The van der Waals surface area contributed by atoms with Crippen LogP contribution in [0, 0.1) is 17.8 Å². The molecular formula is C37H46ClN5O5S. The number of ether oxygens (including phenoxy) is 2. The van der Waals surface area contributed by atoms with Crippen molar-refractivity contribution in [3.05, 3.63) is 88.2 Å². The third-order valence-corrected chi connectivity index (χ3v) is 13.0. The fraction of sp³-hybridized carbons (Fsp3) is 0.486. The molecule has 3 aliphatic rings. The topological polar surface area (TPSA) is 115 Å². The van der Waals surface area contributed by atoms with Crippen LogP contribution in [0.4, 0.5) is 5.69 Å². The molecule has 0 spiro atoms. The van der Waals surface area contributed by atoms with Crippen molar-refractivity contribution in [3.63, 3.8) is 0 Å². The van der Waals surface area contributed by atoms with Gasteiger partial charge in [-0.3, -0.25) is 19.0 Å². The van der Waals surface area contributed by atoms with E-state index in [0.717, 1.165) is 44.3 Å². The van der Waals surface area contributed by atoms with Gasteiger partial charge in [-0.2, -0.15) is 5.10 Å². The van der Waals surface area contributed by atoms with E-state index in [9.17, 15) is 13.8 Å². The molecule has 0 saturated heterocycles. The second-order valence-corrected chi connectivity index (χ2v) is 16.3. The highest BCUT2D eigenvalue weighted by molar-refractivity contribution is 7.93. The summed E-state index contributed by atoms with van der Waals surface area (Å²) in [4.78, 5) is 29.7. The zero-order valence-electron chi connectivity index (χ0n) is 28.6. The second-order valence-electron chi connectivity index (χ2n) is 13.6. The molecule has 1 N–H and O–H groups in total. The molecule has 6 atom stereocenters. The maximum atomic E-state index is 14.7. The molecule has 1 aliphatic carbocycles. The smallest absolute Gasteiger partial charge is 0.286 e. The molecule has 12 heteroatoms. The summed E-state index contributed by atoms with van der Waals surface area (Å²) in [5, 5.41) is 4.13. The van der Waals surface area contributed by atoms with Crippen LogP contribution >= 0.6 is 11.6 Å². The zero-order chi connectivity index (χ0) is 34.7. The molecule has 0 radical (unpaired) electrons. The Bertz CT molecular complexity index is 1850. The van der Waals surface area contributed by atoms with Gasteiger partial charge in [0, 0.05) is 44.0 Å². The Hall–Kier alpha value is -3.67. The predicted octanol–water partition coefficient (Wildman–Crippen LogP) is 6.77. The molecule has 2 bridgehead atoms. The number of carbonyl (C=O) groups excluding carboxylic acids is 2. The van der Waals surface area contributed by atoms with Crippen molar-refractivity contribution in [2.75, 3.05) is 25.2 Å². The lowest BCUT2D eigenvalue weighted by molar-refractivity contribution is 0.0133. The highest BCUT2D eigenvalue weighted by Crippen LogP contribution is 2.42. The summed E-state index contributed by atoms with van der Waals surface area (Å²) in [5.41, 5.74) is 3.67. The number of aryl methyl sites for hydroxylation is 2. The van der Waals surface area contributed by atoms with Gasteiger partial charge < -0.3 is 14.4 Å². The van der Waals surface area contributed by atoms with Crippen LogP contribution in [0.3, 0.4) is 0 Å². The molecule has 6 rings (SSSR count). The highest BCUT2D eigenvalue weighted by Gasteiger charge is 2.38. The van der Waals surface area contributed by atoms with Gasteiger partial charge in [0.25, 0.3) is 11.8 Å². The molecule has 49 heavy (non-hydrogen) atoms. The maximum Gasteiger partial charge on any atom is 0.286 e. The quantitative estimate of drug-likeness (QED) is 0.299. The fourth-order valence-corrected chi connectivity index (χ4v) is 9.10. The van der Waals surface area contributed by atoms with Gasteiger partial charge in [-0.25, -0.2) is 4.21 Å². The van der Waals surface area contributed by atoms with E-state index >= 15 is 0 Å². The number of methoxy groups -OCH3 is 1. The lowest BCUT2D eigenvalue weighted by atomic mass is 9.70. The van der Waals surface area contributed by atoms with Crippen LogP contribution < -0.4 is 14.4 Å². The first-order chi connectivity index (χ1) is 23.5. The molecule has 3 aromatic rings. The summed E-state index contributed by atoms with van der Waals surface area (Å²) in [6.45, 7) is 5.59. The normalized spacial score (nSPS) is 28.4. The number of aromatic nitrogens is 2. The number of carbonyl (C=O) groups is 2. The molecular weight excluding hydrogens is 662 g/mol. The Morgan fingerprint density at radius 3 is 2.69 bits per heavy atom. The Kier molecular flexibility index (Phi) is 10.8. The monoisotopic (exact) mass is 707 g/mol. The van der Waals surface area contributed by atoms with Gasteiger partial charge in [0.05, 0.1) is 35.4 Å².